The molecular formula is C12H15N3O2S. The maximum absolute atomic E-state index is 12.3. The van der Waals surface area contributed by atoms with Gasteiger partial charge in [-0.2, -0.15) is 0 Å². The third-order valence-electron chi connectivity index (χ3n) is 3.34. The molecule has 2 heterocycles. The Morgan fingerprint density at radius 3 is 2.89 bits per heavy atom. The summed E-state index contributed by atoms with van der Waals surface area (Å²) in [5.41, 5.74) is 0.870. The summed E-state index contributed by atoms with van der Waals surface area (Å²) < 4.78 is 0. The fourth-order valence-corrected chi connectivity index (χ4v) is 2.89. The van der Waals surface area contributed by atoms with E-state index in [4.69, 9.17) is 0 Å². The topological polar surface area (TPSA) is 62.3 Å². The number of aryl methyl sites for hydroxylation is 1. The molecule has 2 aliphatic rings. The zero-order valence-corrected chi connectivity index (χ0v) is 11.0. The van der Waals surface area contributed by atoms with Gasteiger partial charge in [0.1, 0.15) is 12.6 Å². The van der Waals surface area contributed by atoms with E-state index in [1.807, 2.05) is 12.3 Å². The minimum absolute atomic E-state index is 0.0442. The number of carbonyl (C=O) groups is 2. The van der Waals surface area contributed by atoms with Gasteiger partial charge in [0.25, 0.3) is 0 Å². The van der Waals surface area contributed by atoms with Crippen molar-refractivity contribution in [3.8, 4) is 0 Å². The Labute approximate surface area is 109 Å². The van der Waals surface area contributed by atoms with Gasteiger partial charge in [-0.05, 0) is 25.7 Å². The number of nitrogens with one attached hydrogen (secondary N) is 1. The van der Waals surface area contributed by atoms with Crippen molar-refractivity contribution in [1.29, 1.82) is 0 Å². The van der Waals surface area contributed by atoms with Crippen LogP contribution in [0.1, 0.15) is 23.5 Å². The van der Waals surface area contributed by atoms with Crippen molar-refractivity contribution < 1.29 is 9.59 Å². The Hall–Kier alpha value is -1.43. The first-order chi connectivity index (χ1) is 8.63. The molecule has 0 bridgehead atoms. The summed E-state index contributed by atoms with van der Waals surface area (Å²) in [6.45, 7) is 2.53. The van der Waals surface area contributed by atoms with Crippen molar-refractivity contribution in [2.45, 2.75) is 32.4 Å². The molecule has 1 saturated carbocycles. The molecule has 0 spiro atoms. The van der Waals surface area contributed by atoms with Gasteiger partial charge in [-0.3, -0.25) is 9.59 Å². The van der Waals surface area contributed by atoms with Gasteiger partial charge in [0.15, 0.2) is 0 Å². The van der Waals surface area contributed by atoms with Gasteiger partial charge in [0.2, 0.25) is 11.8 Å². The number of hydrogen-bond donors (Lipinski definition) is 1. The summed E-state index contributed by atoms with van der Waals surface area (Å²) in [6, 6.07) is -0.300. The van der Waals surface area contributed by atoms with E-state index in [-0.39, 0.29) is 24.4 Å². The van der Waals surface area contributed by atoms with Gasteiger partial charge in [0.05, 0.1) is 17.2 Å². The number of carbonyl (C=O) groups excluding carboxylic acids is 2. The summed E-state index contributed by atoms with van der Waals surface area (Å²) in [5.74, 6) is 0.336. The third kappa shape index (κ3) is 2.25. The van der Waals surface area contributed by atoms with Gasteiger partial charge >= 0.3 is 0 Å². The van der Waals surface area contributed by atoms with Crippen LogP contribution in [0.25, 0.3) is 0 Å². The predicted molar refractivity (Wildman–Crippen MR) is 66.9 cm³/mol. The van der Waals surface area contributed by atoms with Crippen molar-refractivity contribution in [3.63, 3.8) is 0 Å². The average Bonchev–Trinajstić information content (AvgIpc) is 3.08. The van der Waals surface area contributed by atoms with Crippen molar-refractivity contribution in [3.05, 3.63) is 16.1 Å². The molecule has 96 valence electrons. The molecule has 1 aromatic heterocycles. The first-order valence-corrected chi connectivity index (χ1v) is 7.00. The van der Waals surface area contributed by atoms with Crippen LogP contribution in [0.3, 0.4) is 0 Å². The molecule has 1 unspecified atom stereocenters. The van der Waals surface area contributed by atoms with Crippen LogP contribution >= 0.6 is 11.3 Å². The van der Waals surface area contributed by atoms with Gasteiger partial charge in [0, 0.05) is 5.38 Å². The molecule has 18 heavy (non-hydrogen) atoms. The van der Waals surface area contributed by atoms with Gasteiger partial charge in [-0.15, -0.1) is 11.3 Å². The van der Waals surface area contributed by atoms with Crippen LogP contribution in [0, 0.1) is 12.8 Å². The highest BCUT2D eigenvalue weighted by Crippen LogP contribution is 2.34. The Kier molecular flexibility index (Phi) is 2.81. The lowest BCUT2D eigenvalue weighted by Gasteiger charge is -2.32. The molecule has 1 saturated heterocycles. The second-order valence-electron chi connectivity index (χ2n) is 4.93. The van der Waals surface area contributed by atoms with Crippen LogP contribution in [0.4, 0.5) is 0 Å². The van der Waals surface area contributed by atoms with Crippen LogP contribution in [0.5, 0.6) is 0 Å². The molecule has 0 aromatic carbocycles. The monoisotopic (exact) mass is 265 g/mol. The number of rotatable bonds is 3. The van der Waals surface area contributed by atoms with E-state index < -0.39 is 0 Å². The molecular weight excluding hydrogens is 250 g/mol. The summed E-state index contributed by atoms with van der Waals surface area (Å²) in [4.78, 5) is 29.8. The normalized spacial score (nSPS) is 24.3. The van der Waals surface area contributed by atoms with Crippen LogP contribution in [0.15, 0.2) is 5.38 Å². The second-order valence-corrected chi connectivity index (χ2v) is 6.00. The van der Waals surface area contributed by atoms with E-state index in [1.54, 1.807) is 16.2 Å². The average molecular weight is 265 g/mol. The van der Waals surface area contributed by atoms with Gasteiger partial charge in [-0.25, -0.2) is 4.98 Å². The molecule has 1 aliphatic carbocycles. The Bertz CT molecular complexity index is 495. The first kappa shape index (κ1) is 11.6. The van der Waals surface area contributed by atoms with E-state index in [0.717, 1.165) is 23.5 Å². The maximum atomic E-state index is 12.3. The lowest BCUT2D eigenvalue weighted by atomic mass is 10.1. The molecule has 1 N–H and O–H groups in total. The Balaban J connectivity index is 1.73. The van der Waals surface area contributed by atoms with E-state index >= 15 is 0 Å². The molecule has 5 nitrogen and oxygen atoms in total. The zero-order valence-electron chi connectivity index (χ0n) is 10.2. The quantitative estimate of drug-likeness (QED) is 0.874. The summed E-state index contributed by atoms with van der Waals surface area (Å²) in [6.07, 6.45) is 2.08. The van der Waals surface area contributed by atoms with E-state index in [1.165, 1.54) is 0 Å². The standard InChI is InChI=1S/C12H15N3O2S/c1-7-13-9(6-18-7)4-15-5-10(16)14-11(12(15)17)8-2-3-8/h6,8,11H,2-5H2,1H3,(H,14,16). The summed E-state index contributed by atoms with van der Waals surface area (Å²) in [5, 5.41) is 5.73. The Morgan fingerprint density at radius 1 is 1.50 bits per heavy atom. The van der Waals surface area contributed by atoms with E-state index in [2.05, 4.69) is 10.3 Å². The molecule has 2 fully saturated rings. The van der Waals surface area contributed by atoms with Crippen molar-refractivity contribution in [2.24, 2.45) is 5.92 Å². The van der Waals surface area contributed by atoms with E-state index in [0.29, 0.717) is 12.5 Å². The smallest absolute Gasteiger partial charge is 0.246 e. The van der Waals surface area contributed by atoms with Crippen LogP contribution in [0.2, 0.25) is 0 Å². The van der Waals surface area contributed by atoms with Crippen molar-refractivity contribution in [2.75, 3.05) is 6.54 Å². The maximum Gasteiger partial charge on any atom is 0.246 e. The largest absolute Gasteiger partial charge is 0.342 e. The van der Waals surface area contributed by atoms with Crippen LogP contribution in [-0.4, -0.2) is 34.3 Å². The predicted octanol–water partition coefficient (Wildman–Crippen LogP) is 0.689. The molecule has 1 aliphatic heterocycles. The number of piperazine rings is 1. The number of nitrogens with zero attached hydrogens (tertiary/aromatic N) is 2. The first-order valence-electron chi connectivity index (χ1n) is 6.12. The highest BCUT2D eigenvalue weighted by Gasteiger charge is 2.42. The number of aromatic nitrogens is 1. The highest BCUT2D eigenvalue weighted by molar-refractivity contribution is 7.09. The fraction of sp³-hybridized carbons (Fsp3) is 0.583. The summed E-state index contributed by atoms with van der Waals surface area (Å²) in [7, 11) is 0. The third-order valence-corrected chi connectivity index (χ3v) is 4.16. The minimum Gasteiger partial charge on any atom is -0.342 e. The molecule has 1 aromatic rings. The number of amides is 2. The second kappa shape index (κ2) is 4.35. The van der Waals surface area contributed by atoms with Crippen molar-refractivity contribution in [1.82, 2.24) is 15.2 Å². The molecule has 0 radical (unpaired) electrons. The van der Waals surface area contributed by atoms with Gasteiger partial charge < -0.3 is 10.2 Å². The molecule has 1 atom stereocenters. The molecule has 2 amide bonds. The lowest BCUT2D eigenvalue weighted by Crippen LogP contribution is -2.58. The Morgan fingerprint density at radius 2 is 2.28 bits per heavy atom. The highest BCUT2D eigenvalue weighted by atomic mass is 32.1. The lowest BCUT2D eigenvalue weighted by molar-refractivity contribution is -0.145. The summed E-state index contributed by atoms with van der Waals surface area (Å²) >= 11 is 1.56. The fourth-order valence-electron chi connectivity index (χ4n) is 2.29. The van der Waals surface area contributed by atoms with E-state index in [9.17, 15) is 9.59 Å². The minimum atomic E-state index is -0.300. The molecule has 6 heteroatoms. The number of hydrogen-bond acceptors (Lipinski definition) is 4. The van der Waals surface area contributed by atoms with Crippen LogP contribution in [-0.2, 0) is 16.1 Å². The number of thiazole rings is 1. The SMILES string of the molecule is Cc1nc(CN2CC(=O)NC(C3CC3)C2=O)cs1. The molecule has 3 rings (SSSR count). The zero-order chi connectivity index (χ0) is 12.7. The van der Waals surface area contributed by atoms with Crippen molar-refractivity contribution >= 4 is 23.2 Å². The van der Waals surface area contributed by atoms with Crippen LogP contribution < -0.4 is 5.32 Å². The van der Waals surface area contributed by atoms with Gasteiger partial charge in [-0.1, -0.05) is 0 Å².